The average molecular weight is 298 g/mol. The smallest absolute Gasteiger partial charge is 0.117 e. The predicted octanol–water partition coefficient (Wildman–Crippen LogP) is 3.65. The van der Waals surface area contributed by atoms with Crippen LogP contribution in [0.4, 0.5) is 5.69 Å². The summed E-state index contributed by atoms with van der Waals surface area (Å²) in [6.07, 6.45) is 5.37. The molecule has 84 valence electrons. The maximum atomic E-state index is 4.34. The maximum absolute atomic E-state index is 4.34. The van der Waals surface area contributed by atoms with Crippen molar-refractivity contribution in [1.29, 1.82) is 0 Å². The Kier molecular flexibility index (Phi) is 3.25. The van der Waals surface area contributed by atoms with Crippen LogP contribution in [0.25, 0.3) is 0 Å². The molecule has 0 atom stereocenters. The van der Waals surface area contributed by atoms with Crippen LogP contribution in [0.15, 0.2) is 34.5 Å². The average Bonchev–Trinajstić information content (AvgIpc) is 2.75. The molecule has 2 rings (SSSR count). The lowest BCUT2D eigenvalue weighted by atomic mass is 10.1. The van der Waals surface area contributed by atoms with Gasteiger partial charge >= 0.3 is 0 Å². The topological polar surface area (TPSA) is 37.8 Å². The quantitative estimate of drug-likeness (QED) is 0.940. The first-order valence-corrected chi connectivity index (χ1v) is 6.54. The summed E-state index contributed by atoms with van der Waals surface area (Å²) in [7, 11) is 0. The van der Waals surface area contributed by atoms with Crippen LogP contribution in [0.5, 0.6) is 0 Å². The van der Waals surface area contributed by atoms with Gasteiger partial charge in [0.2, 0.25) is 0 Å². The first-order valence-electron chi connectivity index (χ1n) is 4.87. The van der Waals surface area contributed by atoms with E-state index in [0.29, 0.717) is 0 Å². The van der Waals surface area contributed by atoms with Crippen LogP contribution < -0.4 is 5.32 Å². The zero-order valence-electron chi connectivity index (χ0n) is 9.07. The van der Waals surface area contributed by atoms with Gasteiger partial charge in [-0.2, -0.15) is 0 Å². The second-order valence-corrected chi connectivity index (χ2v) is 5.69. The molecule has 2 aromatic heterocycles. The van der Waals surface area contributed by atoms with Crippen LogP contribution in [-0.2, 0) is 5.54 Å². The van der Waals surface area contributed by atoms with Crippen molar-refractivity contribution in [2.75, 3.05) is 5.32 Å². The number of nitrogens with zero attached hydrogens (tertiary/aromatic N) is 2. The minimum absolute atomic E-state index is 0.183. The Morgan fingerprint density at radius 1 is 1.38 bits per heavy atom. The monoisotopic (exact) mass is 297 g/mol. The van der Waals surface area contributed by atoms with E-state index < -0.39 is 0 Å². The summed E-state index contributed by atoms with van der Waals surface area (Å²) in [5, 5.41) is 6.50. The van der Waals surface area contributed by atoms with Crippen LogP contribution in [0, 0.1) is 0 Å². The third kappa shape index (κ3) is 2.41. The Labute approximate surface area is 107 Å². The number of anilines is 1. The van der Waals surface area contributed by atoms with Gasteiger partial charge < -0.3 is 5.32 Å². The van der Waals surface area contributed by atoms with Gasteiger partial charge in [0.15, 0.2) is 0 Å². The molecule has 1 N–H and O–H groups in total. The molecule has 0 fully saturated rings. The third-order valence-corrected chi connectivity index (χ3v) is 3.92. The normalized spacial score (nSPS) is 11.4. The van der Waals surface area contributed by atoms with E-state index in [1.54, 1.807) is 23.7 Å². The van der Waals surface area contributed by atoms with Crippen LogP contribution in [0.2, 0.25) is 0 Å². The summed E-state index contributed by atoms with van der Waals surface area (Å²) in [6, 6.07) is 1.94. The SMILES string of the molecule is CC(C)(Nc1ccncc1Br)c1nccs1. The van der Waals surface area contributed by atoms with Crippen molar-refractivity contribution >= 4 is 33.0 Å². The highest BCUT2D eigenvalue weighted by Gasteiger charge is 2.23. The fourth-order valence-corrected chi connectivity index (χ4v) is 2.47. The molecule has 0 aromatic carbocycles. The summed E-state index contributed by atoms with van der Waals surface area (Å²) < 4.78 is 0.958. The molecule has 0 aliphatic carbocycles. The van der Waals surface area contributed by atoms with Gasteiger partial charge in [-0.15, -0.1) is 11.3 Å². The number of hydrogen-bond acceptors (Lipinski definition) is 4. The standard InChI is InChI=1S/C11H12BrN3S/c1-11(2,10-14-5-6-16-10)15-9-3-4-13-7-8(9)12/h3-7H,1-2H3,(H,13,15). The molecule has 0 bridgehead atoms. The van der Waals surface area contributed by atoms with Gasteiger partial charge in [0.25, 0.3) is 0 Å². The van der Waals surface area contributed by atoms with E-state index in [1.807, 2.05) is 17.6 Å². The molecule has 2 aromatic rings. The fourth-order valence-electron chi connectivity index (χ4n) is 1.40. The summed E-state index contributed by atoms with van der Waals surface area (Å²) in [5.41, 5.74) is 0.841. The molecule has 16 heavy (non-hydrogen) atoms. The van der Waals surface area contributed by atoms with Crippen LogP contribution in [-0.4, -0.2) is 9.97 Å². The first kappa shape index (κ1) is 11.5. The van der Waals surface area contributed by atoms with Crippen molar-refractivity contribution in [3.05, 3.63) is 39.5 Å². The van der Waals surface area contributed by atoms with Gasteiger partial charge in [0, 0.05) is 24.0 Å². The van der Waals surface area contributed by atoms with Gasteiger partial charge in [0.1, 0.15) is 5.01 Å². The highest BCUT2D eigenvalue weighted by atomic mass is 79.9. The zero-order valence-corrected chi connectivity index (χ0v) is 11.5. The molecule has 5 heteroatoms. The Bertz CT molecular complexity index is 468. The fraction of sp³-hybridized carbons (Fsp3) is 0.273. The molecule has 0 unspecified atom stereocenters. The highest BCUT2D eigenvalue weighted by molar-refractivity contribution is 9.10. The lowest BCUT2D eigenvalue weighted by Crippen LogP contribution is -2.27. The Morgan fingerprint density at radius 2 is 2.19 bits per heavy atom. The van der Waals surface area contributed by atoms with Gasteiger partial charge in [-0.3, -0.25) is 4.98 Å². The van der Waals surface area contributed by atoms with Gasteiger partial charge in [-0.1, -0.05) is 0 Å². The second kappa shape index (κ2) is 4.51. The summed E-state index contributed by atoms with van der Waals surface area (Å²) in [4.78, 5) is 8.38. The minimum Gasteiger partial charge on any atom is -0.373 e. The predicted molar refractivity (Wildman–Crippen MR) is 70.7 cm³/mol. The summed E-state index contributed by atoms with van der Waals surface area (Å²) in [6.45, 7) is 4.22. The van der Waals surface area contributed by atoms with Crippen molar-refractivity contribution in [3.8, 4) is 0 Å². The largest absolute Gasteiger partial charge is 0.373 e. The van der Waals surface area contributed by atoms with Gasteiger partial charge in [0.05, 0.1) is 15.7 Å². The highest BCUT2D eigenvalue weighted by Crippen LogP contribution is 2.30. The minimum atomic E-state index is -0.183. The lowest BCUT2D eigenvalue weighted by molar-refractivity contribution is 0.604. The molecule has 0 spiro atoms. The van der Waals surface area contributed by atoms with E-state index in [9.17, 15) is 0 Å². The maximum Gasteiger partial charge on any atom is 0.117 e. The summed E-state index contributed by atoms with van der Waals surface area (Å²) in [5.74, 6) is 0. The molecule has 0 amide bonds. The van der Waals surface area contributed by atoms with Crippen molar-refractivity contribution < 1.29 is 0 Å². The Balaban J connectivity index is 2.25. The van der Waals surface area contributed by atoms with E-state index in [-0.39, 0.29) is 5.54 Å². The van der Waals surface area contributed by atoms with Gasteiger partial charge in [-0.25, -0.2) is 4.98 Å². The molecule has 0 aliphatic heterocycles. The van der Waals surface area contributed by atoms with E-state index in [2.05, 4.69) is 45.1 Å². The molecule has 0 aliphatic rings. The molecule has 3 nitrogen and oxygen atoms in total. The number of hydrogen-bond donors (Lipinski definition) is 1. The van der Waals surface area contributed by atoms with E-state index in [1.165, 1.54) is 0 Å². The van der Waals surface area contributed by atoms with Gasteiger partial charge in [-0.05, 0) is 35.8 Å². The number of aromatic nitrogens is 2. The van der Waals surface area contributed by atoms with Crippen LogP contribution in [0.1, 0.15) is 18.9 Å². The van der Waals surface area contributed by atoms with Crippen molar-refractivity contribution in [1.82, 2.24) is 9.97 Å². The van der Waals surface area contributed by atoms with Crippen LogP contribution >= 0.6 is 27.3 Å². The molecule has 2 heterocycles. The van der Waals surface area contributed by atoms with E-state index in [0.717, 1.165) is 15.2 Å². The van der Waals surface area contributed by atoms with E-state index >= 15 is 0 Å². The molecular weight excluding hydrogens is 286 g/mol. The lowest BCUT2D eigenvalue weighted by Gasteiger charge is -2.25. The number of pyridine rings is 1. The number of rotatable bonds is 3. The molecule has 0 radical (unpaired) electrons. The number of thiazole rings is 1. The summed E-state index contributed by atoms with van der Waals surface area (Å²) >= 11 is 5.12. The Hall–Kier alpha value is -0.940. The molecular formula is C11H12BrN3S. The molecule has 0 saturated heterocycles. The van der Waals surface area contributed by atoms with Crippen molar-refractivity contribution in [2.24, 2.45) is 0 Å². The number of halogens is 1. The van der Waals surface area contributed by atoms with Crippen LogP contribution in [0.3, 0.4) is 0 Å². The third-order valence-electron chi connectivity index (χ3n) is 2.19. The van der Waals surface area contributed by atoms with E-state index in [4.69, 9.17) is 0 Å². The zero-order chi connectivity index (χ0) is 11.6. The van der Waals surface area contributed by atoms with Crippen molar-refractivity contribution in [2.45, 2.75) is 19.4 Å². The first-order chi connectivity index (χ1) is 7.59. The molecule has 0 saturated carbocycles. The Morgan fingerprint density at radius 3 is 2.81 bits per heavy atom. The van der Waals surface area contributed by atoms with Crippen molar-refractivity contribution in [3.63, 3.8) is 0 Å². The number of nitrogens with one attached hydrogen (secondary N) is 1. The second-order valence-electron chi connectivity index (χ2n) is 3.94.